The van der Waals surface area contributed by atoms with Crippen LogP contribution in [0.5, 0.6) is 5.75 Å². The third-order valence-electron chi connectivity index (χ3n) is 5.53. The lowest BCUT2D eigenvalue weighted by atomic mass is 9.95. The molecule has 0 saturated carbocycles. The van der Waals surface area contributed by atoms with Gasteiger partial charge in [-0.1, -0.05) is 42.5 Å². The molecule has 0 bridgehead atoms. The molecule has 1 saturated heterocycles. The zero-order valence-electron chi connectivity index (χ0n) is 18.7. The van der Waals surface area contributed by atoms with Gasteiger partial charge in [0.2, 0.25) is 0 Å². The van der Waals surface area contributed by atoms with Crippen molar-refractivity contribution < 1.29 is 19.4 Å². The van der Waals surface area contributed by atoms with E-state index in [1.54, 1.807) is 41.7 Å². The van der Waals surface area contributed by atoms with Gasteiger partial charge in [-0.25, -0.2) is 4.98 Å². The van der Waals surface area contributed by atoms with E-state index in [4.69, 9.17) is 4.74 Å². The normalized spacial score (nSPS) is 17.7. The first-order chi connectivity index (χ1) is 16.0. The van der Waals surface area contributed by atoms with Crippen molar-refractivity contribution in [2.45, 2.75) is 39.0 Å². The summed E-state index contributed by atoms with van der Waals surface area (Å²) in [5.41, 5.74) is 1.34. The summed E-state index contributed by atoms with van der Waals surface area (Å²) >= 11 is 0. The van der Waals surface area contributed by atoms with E-state index in [1.807, 2.05) is 54.9 Å². The Balaban J connectivity index is 1.70. The number of likely N-dealkylation sites (tertiary alicyclic amines) is 1. The number of amides is 1. The summed E-state index contributed by atoms with van der Waals surface area (Å²) in [6.45, 7) is 4.92. The van der Waals surface area contributed by atoms with Crippen LogP contribution in [0, 0.1) is 0 Å². The Kier molecular flexibility index (Phi) is 6.58. The van der Waals surface area contributed by atoms with E-state index in [9.17, 15) is 14.7 Å². The van der Waals surface area contributed by atoms with Gasteiger partial charge in [-0.05, 0) is 38.0 Å². The van der Waals surface area contributed by atoms with Crippen LogP contribution < -0.4 is 4.74 Å². The van der Waals surface area contributed by atoms with E-state index in [2.05, 4.69) is 4.98 Å². The molecule has 170 valence electrons. The van der Waals surface area contributed by atoms with Crippen molar-refractivity contribution in [2.75, 3.05) is 6.54 Å². The second-order valence-electron chi connectivity index (χ2n) is 8.25. The van der Waals surface area contributed by atoms with Gasteiger partial charge in [0, 0.05) is 31.0 Å². The molecule has 1 aromatic heterocycles. The van der Waals surface area contributed by atoms with Gasteiger partial charge in [-0.2, -0.15) is 0 Å². The van der Waals surface area contributed by atoms with E-state index in [0.717, 1.165) is 5.56 Å². The molecule has 2 heterocycles. The number of ether oxygens (including phenoxy) is 1. The number of carbonyl (C=O) groups excluding carboxylic acids is 2. The van der Waals surface area contributed by atoms with E-state index < -0.39 is 17.7 Å². The smallest absolute Gasteiger partial charge is 0.295 e. The maximum absolute atomic E-state index is 13.1. The highest BCUT2D eigenvalue weighted by molar-refractivity contribution is 6.46. The first kappa shape index (κ1) is 22.3. The van der Waals surface area contributed by atoms with Crippen LogP contribution in [-0.4, -0.2) is 43.9 Å². The van der Waals surface area contributed by atoms with E-state index >= 15 is 0 Å². The predicted octanol–water partition coefficient (Wildman–Crippen LogP) is 4.18. The monoisotopic (exact) mass is 445 g/mol. The first-order valence-electron chi connectivity index (χ1n) is 11.0. The van der Waals surface area contributed by atoms with E-state index in [0.29, 0.717) is 30.8 Å². The SMILES string of the molecule is CC(C)Oc1ccc([C@H]2C(=C(O)c3ccccc3)C(=O)C(=O)N2CCCn2ccnc2)cc1. The van der Waals surface area contributed by atoms with Crippen LogP contribution in [0.1, 0.15) is 37.4 Å². The Labute approximate surface area is 192 Å². The quantitative estimate of drug-likeness (QED) is 0.319. The van der Waals surface area contributed by atoms with Crippen LogP contribution in [0.4, 0.5) is 0 Å². The average Bonchev–Trinajstić information content (AvgIpc) is 3.42. The summed E-state index contributed by atoms with van der Waals surface area (Å²) in [6.07, 6.45) is 5.94. The number of hydrogen-bond donors (Lipinski definition) is 1. The highest BCUT2D eigenvalue weighted by atomic mass is 16.5. The molecule has 1 aliphatic heterocycles. The number of aromatic nitrogens is 2. The van der Waals surface area contributed by atoms with Crippen molar-refractivity contribution in [1.29, 1.82) is 0 Å². The van der Waals surface area contributed by atoms with Crippen molar-refractivity contribution in [3.8, 4) is 5.75 Å². The summed E-state index contributed by atoms with van der Waals surface area (Å²) in [5, 5.41) is 11.1. The van der Waals surface area contributed by atoms with Gasteiger partial charge >= 0.3 is 0 Å². The molecule has 7 nitrogen and oxygen atoms in total. The molecule has 3 aromatic rings. The van der Waals surface area contributed by atoms with Gasteiger partial charge in [-0.15, -0.1) is 0 Å². The maximum atomic E-state index is 13.1. The predicted molar refractivity (Wildman–Crippen MR) is 125 cm³/mol. The highest BCUT2D eigenvalue weighted by Gasteiger charge is 2.45. The summed E-state index contributed by atoms with van der Waals surface area (Å²) in [5.74, 6) is -0.746. The van der Waals surface area contributed by atoms with Crippen molar-refractivity contribution in [2.24, 2.45) is 0 Å². The lowest BCUT2D eigenvalue weighted by Crippen LogP contribution is -2.31. The zero-order chi connectivity index (χ0) is 23.4. The minimum atomic E-state index is -0.680. The molecule has 0 radical (unpaired) electrons. The topological polar surface area (TPSA) is 84.7 Å². The molecule has 4 rings (SSSR count). The minimum absolute atomic E-state index is 0.0303. The number of benzene rings is 2. The number of carbonyl (C=O) groups is 2. The Morgan fingerprint density at radius 1 is 1.06 bits per heavy atom. The lowest BCUT2D eigenvalue weighted by Gasteiger charge is -2.25. The van der Waals surface area contributed by atoms with Gasteiger partial charge < -0.3 is 19.3 Å². The number of Topliss-reactive ketones (excluding diaryl/α,β-unsaturated/α-hetero) is 1. The minimum Gasteiger partial charge on any atom is -0.507 e. The molecule has 0 aliphatic carbocycles. The summed E-state index contributed by atoms with van der Waals surface area (Å²) in [7, 11) is 0. The molecule has 0 unspecified atom stereocenters. The fourth-order valence-electron chi connectivity index (χ4n) is 4.05. The molecular weight excluding hydrogens is 418 g/mol. The number of ketones is 1. The Morgan fingerprint density at radius 3 is 2.42 bits per heavy atom. The highest BCUT2D eigenvalue weighted by Crippen LogP contribution is 2.39. The van der Waals surface area contributed by atoms with Crippen molar-refractivity contribution in [3.05, 3.63) is 90.0 Å². The second kappa shape index (κ2) is 9.73. The van der Waals surface area contributed by atoms with Gasteiger partial charge in [0.15, 0.2) is 0 Å². The molecule has 1 amide bonds. The maximum Gasteiger partial charge on any atom is 0.295 e. The van der Waals surface area contributed by atoms with Crippen LogP contribution >= 0.6 is 0 Å². The van der Waals surface area contributed by atoms with E-state index in [1.165, 1.54) is 0 Å². The number of nitrogens with zero attached hydrogens (tertiary/aromatic N) is 3. The molecule has 33 heavy (non-hydrogen) atoms. The van der Waals surface area contributed by atoms with Crippen LogP contribution in [-0.2, 0) is 16.1 Å². The lowest BCUT2D eigenvalue weighted by molar-refractivity contribution is -0.139. The number of aliphatic hydroxyl groups is 1. The number of rotatable bonds is 8. The molecule has 1 atom stereocenters. The van der Waals surface area contributed by atoms with Crippen molar-refractivity contribution >= 4 is 17.4 Å². The van der Waals surface area contributed by atoms with Crippen LogP contribution in [0.25, 0.3) is 5.76 Å². The largest absolute Gasteiger partial charge is 0.507 e. The van der Waals surface area contributed by atoms with Crippen molar-refractivity contribution in [1.82, 2.24) is 14.5 Å². The van der Waals surface area contributed by atoms with Crippen LogP contribution in [0.3, 0.4) is 0 Å². The molecule has 1 N–H and O–H groups in total. The van der Waals surface area contributed by atoms with Gasteiger partial charge in [0.1, 0.15) is 11.5 Å². The van der Waals surface area contributed by atoms with Crippen molar-refractivity contribution in [3.63, 3.8) is 0 Å². The number of aryl methyl sites for hydroxylation is 1. The Bertz CT molecular complexity index is 1140. The summed E-state index contributed by atoms with van der Waals surface area (Å²) < 4.78 is 7.66. The number of imidazole rings is 1. The zero-order valence-corrected chi connectivity index (χ0v) is 18.7. The number of hydrogen-bond acceptors (Lipinski definition) is 5. The molecule has 1 aliphatic rings. The first-order valence-corrected chi connectivity index (χ1v) is 11.0. The number of aliphatic hydroxyl groups excluding tert-OH is 1. The average molecular weight is 446 g/mol. The third-order valence-corrected chi connectivity index (χ3v) is 5.53. The summed E-state index contributed by atoms with van der Waals surface area (Å²) in [6, 6.07) is 15.5. The van der Waals surface area contributed by atoms with Gasteiger partial charge in [-0.3, -0.25) is 9.59 Å². The molecule has 7 heteroatoms. The molecular formula is C26H27N3O4. The third kappa shape index (κ3) is 4.82. The standard InChI is InChI=1S/C26H27N3O4/c1-18(2)33-21-11-9-19(10-12-21)23-22(24(30)20-7-4-3-5-8-20)25(31)26(32)29(23)15-6-14-28-16-13-27-17-28/h3-5,7-13,16-18,23,30H,6,14-15H2,1-2H3/t23-/m0/s1. The fraction of sp³-hybridized carbons (Fsp3) is 0.269. The Hall–Kier alpha value is -3.87. The molecule has 2 aromatic carbocycles. The van der Waals surface area contributed by atoms with Crippen LogP contribution in [0.2, 0.25) is 0 Å². The molecule has 1 fully saturated rings. The second-order valence-corrected chi connectivity index (χ2v) is 8.25. The van der Waals surface area contributed by atoms with Gasteiger partial charge in [0.05, 0.1) is 24.0 Å². The van der Waals surface area contributed by atoms with Crippen LogP contribution in [0.15, 0.2) is 78.9 Å². The summed E-state index contributed by atoms with van der Waals surface area (Å²) in [4.78, 5) is 31.7. The fourth-order valence-corrected chi connectivity index (χ4v) is 4.05. The van der Waals surface area contributed by atoms with E-state index in [-0.39, 0.29) is 17.4 Å². The Morgan fingerprint density at radius 2 is 1.79 bits per heavy atom. The van der Waals surface area contributed by atoms with Gasteiger partial charge in [0.25, 0.3) is 11.7 Å². The molecule has 0 spiro atoms.